The van der Waals surface area contributed by atoms with Gasteiger partial charge in [0.2, 0.25) is 0 Å². The van der Waals surface area contributed by atoms with Crippen LogP contribution in [0.1, 0.15) is 34.6 Å². The maximum atomic E-state index is 13.5. The summed E-state index contributed by atoms with van der Waals surface area (Å²) in [5.74, 6) is -0.608. The monoisotopic (exact) mass is 399 g/mol. The van der Waals surface area contributed by atoms with Crippen LogP contribution in [0.25, 0.3) is 21.9 Å². The number of nitrogens with zero attached hydrogens (tertiary/aromatic N) is 1. The van der Waals surface area contributed by atoms with Gasteiger partial charge in [0.05, 0.1) is 11.9 Å². The molecule has 4 aromatic rings. The van der Waals surface area contributed by atoms with E-state index in [0.29, 0.717) is 29.0 Å². The molecule has 148 valence electrons. The molecule has 0 N–H and O–H groups in total. The fraction of sp³-hybridized carbons (Fsp3) is 0.208. The highest BCUT2D eigenvalue weighted by Crippen LogP contribution is 2.43. The number of aryl methyl sites for hydroxylation is 3. The highest BCUT2D eigenvalue weighted by Gasteiger charge is 2.34. The first-order valence-electron chi connectivity index (χ1n) is 9.94. The summed E-state index contributed by atoms with van der Waals surface area (Å²) in [6.07, 6.45) is 0.834. The molecule has 2 aromatic heterocycles. The van der Waals surface area contributed by atoms with Crippen LogP contribution in [0.15, 0.2) is 56.5 Å². The number of rotatable bonds is 1. The predicted molar refractivity (Wildman–Crippen MR) is 111 cm³/mol. The van der Waals surface area contributed by atoms with E-state index in [9.17, 15) is 14.4 Å². The maximum absolute atomic E-state index is 13.5. The lowest BCUT2D eigenvalue weighted by Crippen LogP contribution is -2.29. The molecule has 0 saturated carbocycles. The summed E-state index contributed by atoms with van der Waals surface area (Å²) in [4.78, 5) is 38.0. The molecule has 4 heterocycles. The van der Waals surface area contributed by atoms with Crippen LogP contribution in [0.3, 0.4) is 0 Å². The number of hydrogen-bond donors (Lipinski definition) is 0. The molecule has 0 fully saturated rings. The fourth-order valence-corrected chi connectivity index (χ4v) is 4.94. The zero-order chi connectivity index (χ0) is 20.6. The van der Waals surface area contributed by atoms with E-state index in [-0.39, 0.29) is 12.0 Å². The molecular weight excluding hydrogens is 382 g/mol. The van der Waals surface area contributed by atoms with Gasteiger partial charge in [-0.15, -0.1) is 0 Å². The van der Waals surface area contributed by atoms with Crippen LogP contribution < -0.4 is 15.9 Å². The Kier molecular flexibility index (Phi) is 3.40. The lowest BCUT2D eigenvalue weighted by atomic mass is 9.85. The predicted octanol–water partition coefficient (Wildman–Crippen LogP) is 3.41. The van der Waals surface area contributed by atoms with Crippen molar-refractivity contribution >= 4 is 27.8 Å². The van der Waals surface area contributed by atoms with Crippen molar-refractivity contribution in [2.75, 3.05) is 0 Å². The van der Waals surface area contributed by atoms with Crippen LogP contribution in [0, 0.1) is 6.92 Å². The number of aromatic nitrogens is 1. The molecule has 0 unspecified atom stereocenters. The Balaban J connectivity index is 1.70. The van der Waals surface area contributed by atoms with Crippen molar-refractivity contribution in [3.05, 3.63) is 85.5 Å². The number of pyridine rings is 1. The molecule has 0 spiro atoms. The van der Waals surface area contributed by atoms with Gasteiger partial charge in [-0.3, -0.25) is 9.59 Å². The second-order valence-electron chi connectivity index (χ2n) is 7.99. The molecule has 0 saturated heterocycles. The van der Waals surface area contributed by atoms with E-state index in [1.165, 1.54) is 6.07 Å². The molecule has 2 aliphatic heterocycles. The molecule has 0 amide bonds. The Bertz CT molecular complexity index is 1530. The third-order valence-electron chi connectivity index (χ3n) is 6.26. The van der Waals surface area contributed by atoms with Gasteiger partial charge in [0, 0.05) is 35.0 Å². The normalized spacial score (nSPS) is 17.4. The number of para-hydroxylation sites is 1. The van der Waals surface area contributed by atoms with E-state index in [4.69, 9.17) is 9.15 Å². The lowest BCUT2D eigenvalue weighted by Gasteiger charge is -2.25. The summed E-state index contributed by atoms with van der Waals surface area (Å²) in [7, 11) is 0. The van der Waals surface area contributed by atoms with E-state index in [1.54, 1.807) is 16.7 Å². The summed E-state index contributed by atoms with van der Waals surface area (Å²) < 4.78 is 12.8. The minimum Gasteiger partial charge on any atom is -0.426 e. The first-order valence-corrected chi connectivity index (χ1v) is 9.94. The van der Waals surface area contributed by atoms with Gasteiger partial charge in [-0.1, -0.05) is 18.2 Å². The average molecular weight is 399 g/mol. The topological polar surface area (TPSA) is 78.5 Å². The van der Waals surface area contributed by atoms with Crippen molar-refractivity contribution < 1.29 is 13.9 Å². The van der Waals surface area contributed by atoms with Crippen LogP contribution in [-0.4, -0.2) is 10.5 Å². The summed E-state index contributed by atoms with van der Waals surface area (Å²) >= 11 is 0. The molecule has 30 heavy (non-hydrogen) atoms. The van der Waals surface area contributed by atoms with Gasteiger partial charge in [0.1, 0.15) is 11.3 Å². The zero-order valence-electron chi connectivity index (χ0n) is 16.2. The average Bonchev–Trinajstić information content (AvgIpc) is 3.15. The van der Waals surface area contributed by atoms with E-state index in [1.807, 2.05) is 31.2 Å². The van der Waals surface area contributed by atoms with E-state index in [0.717, 1.165) is 33.8 Å². The van der Waals surface area contributed by atoms with Crippen LogP contribution in [0.4, 0.5) is 0 Å². The van der Waals surface area contributed by atoms with Crippen molar-refractivity contribution in [3.8, 4) is 5.75 Å². The van der Waals surface area contributed by atoms with Crippen LogP contribution in [-0.2, 0) is 17.8 Å². The third-order valence-corrected chi connectivity index (χ3v) is 6.26. The van der Waals surface area contributed by atoms with E-state index < -0.39 is 17.5 Å². The van der Waals surface area contributed by atoms with Crippen molar-refractivity contribution in [1.29, 1.82) is 0 Å². The standard InChI is InChI=1S/C24H17NO5/c1-12-9-19(26)30-23-15(12)5-6-18-21(23)16(11-20(27)29-18)17-10-14-4-2-3-13-7-8-25(22(13)14)24(17)28/h2-6,9-10,16H,7-8,11H2,1H3/t16-/m1/s1. The first kappa shape index (κ1) is 17.2. The highest BCUT2D eigenvalue weighted by molar-refractivity contribution is 5.91. The van der Waals surface area contributed by atoms with Crippen molar-refractivity contribution in [2.24, 2.45) is 0 Å². The van der Waals surface area contributed by atoms with Crippen molar-refractivity contribution in [1.82, 2.24) is 4.57 Å². The Morgan fingerprint density at radius 2 is 1.93 bits per heavy atom. The van der Waals surface area contributed by atoms with Gasteiger partial charge in [0.15, 0.2) is 0 Å². The van der Waals surface area contributed by atoms with Gasteiger partial charge in [0.25, 0.3) is 5.56 Å². The molecule has 6 nitrogen and oxygen atoms in total. The minimum absolute atomic E-state index is 0.0181. The molecule has 2 aromatic carbocycles. The second-order valence-corrected chi connectivity index (χ2v) is 7.99. The molecule has 2 aliphatic rings. The Labute approximate surface area is 170 Å². The van der Waals surface area contributed by atoms with Gasteiger partial charge in [-0.25, -0.2) is 4.79 Å². The molecule has 1 atom stereocenters. The number of ether oxygens (including phenoxy) is 1. The first-order chi connectivity index (χ1) is 14.5. The number of benzene rings is 2. The maximum Gasteiger partial charge on any atom is 0.336 e. The molecule has 0 radical (unpaired) electrons. The zero-order valence-corrected chi connectivity index (χ0v) is 16.2. The largest absolute Gasteiger partial charge is 0.426 e. The summed E-state index contributed by atoms with van der Waals surface area (Å²) in [5, 5.41) is 1.74. The van der Waals surface area contributed by atoms with E-state index in [2.05, 4.69) is 0 Å². The van der Waals surface area contributed by atoms with Gasteiger partial charge < -0.3 is 13.7 Å². The van der Waals surface area contributed by atoms with E-state index >= 15 is 0 Å². The molecule has 6 rings (SSSR count). The molecule has 0 aliphatic carbocycles. The summed E-state index contributed by atoms with van der Waals surface area (Å²) in [5.41, 5.74) is 3.81. The minimum atomic E-state index is -0.542. The molecular formula is C24H17NO5. The van der Waals surface area contributed by atoms with Crippen LogP contribution >= 0.6 is 0 Å². The number of fused-ring (bicyclic) bond motifs is 3. The number of esters is 1. The molecule has 0 bridgehead atoms. The number of carbonyl (C=O) groups excluding carboxylic acids is 1. The lowest BCUT2D eigenvalue weighted by molar-refractivity contribution is -0.135. The SMILES string of the molecule is Cc1cc(=O)oc2c3c(ccc12)OC(=O)C[C@@H]3c1cc2cccc3c2n(c1=O)CC3. The Morgan fingerprint density at radius 3 is 2.80 bits per heavy atom. The fourth-order valence-electron chi connectivity index (χ4n) is 4.94. The van der Waals surface area contributed by atoms with Crippen molar-refractivity contribution in [2.45, 2.75) is 32.2 Å². The van der Waals surface area contributed by atoms with Gasteiger partial charge >= 0.3 is 11.6 Å². The second kappa shape index (κ2) is 5.92. The van der Waals surface area contributed by atoms with Gasteiger partial charge in [-0.2, -0.15) is 0 Å². The number of carbonyl (C=O) groups is 1. The Hall–Kier alpha value is -3.67. The summed E-state index contributed by atoms with van der Waals surface area (Å²) in [6.45, 7) is 2.46. The van der Waals surface area contributed by atoms with Crippen LogP contribution in [0.5, 0.6) is 5.75 Å². The molecule has 6 heteroatoms. The van der Waals surface area contributed by atoms with Crippen molar-refractivity contribution in [3.63, 3.8) is 0 Å². The third kappa shape index (κ3) is 2.27. The quantitative estimate of drug-likeness (QED) is 0.278. The summed E-state index contributed by atoms with van der Waals surface area (Å²) in [6, 6.07) is 12.8. The Morgan fingerprint density at radius 1 is 1.07 bits per heavy atom. The van der Waals surface area contributed by atoms with Crippen LogP contribution in [0.2, 0.25) is 0 Å². The highest BCUT2D eigenvalue weighted by atomic mass is 16.5. The number of hydrogen-bond acceptors (Lipinski definition) is 5. The smallest absolute Gasteiger partial charge is 0.336 e. The van der Waals surface area contributed by atoms with Gasteiger partial charge in [-0.05, 0) is 48.1 Å².